The summed E-state index contributed by atoms with van der Waals surface area (Å²) in [4.78, 5) is 9.40. The fourth-order valence-corrected chi connectivity index (χ4v) is 0.0929. The zero-order valence-corrected chi connectivity index (χ0v) is 3.56. The minimum Gasteiger partial charge on any atom is -0.338 e. The van der Waals surface area contributed by atoms with E-state index in [1.165, 1.54) is 0 Å². The normalized spacial score (nSPS) is 8.50. The van der Waals surface area contributed by atoms with Crippen LogP contribution in [0.15, 0.2) is 0 Å². The summed E-state index contributed by atoms with van der Waals surface area (Å²) < 4.78 is 0. The van der Waals surface area contributed by atoms with Crippen LogP contribution in [0.3, 0.4) is 0 Å². The number of nitrogens with one attached hydrogen (secondary N) is 1. The third-order valence-electron chi connectivity index (χ3n) is 0.287. The van der Waals surface area contributed by atoms with Gasteiger partial charge >= 0.3 is 0 Å². The molecule has 0 fully saturated rings. The summed E-state index contributed by atoms with van der Waals surface area (Å²) in [6.45, 7) is 1.61. The van der Waals surface area contributed by atoms with Gasteiger partial charge in [0.1, 0.15) is 6.17 Å². The lowest BCUT2D eigenvalue weighted by Gasteiger charge is -1.94. The van der Waals surface area contributed by atoms with Crippen molar-refractivity contribution >= 4 is 6.41 Å². The summed E-state index contributed by atoms with van der Waals surface area (Å²) >= 11 is 0. The average molecular weight is 87.1 g/mol. The number of hydrogen-bond donors (Lipinski definition) is 2. The fourth-order valence-electron chi connectivity index (χ4n) is 0.0929. The first-order valence-corrected chi connectivity index (χ1v) is 1.56. The van der Waals surface area contributed by atoms with Crippen molar-refractivity contribution in [1.29, 1.82) is 0 Å². The smallest absolute Gasteiger partial charge is 0.208 e. The van der Waals surface area contributed by atoms with Gasteiger partial charge in [-0.2, -0.15) is 0 Å². The van der Waals surface area contributed by atoms with Gasteiger partial charge in [0.15, 0.2) is 0 Å². The van der Waals surface area contributed by atoms with E-state index in [1.807, 2.05) is 0 Å². The lowest BCUT2D eigenvalue weighted by atomic mass is 10.6. The van der Waals surface area contributed by atoms with Crippen molar-refractivity contribution < 1.29 is 4.79 Å². The molecule has 0 rings (SSSR count). The maximum absolute atomic E-state index is 9.40. The molecule has 0 spiro atoms. The molecule has 1 radical (unpaired) electrons. The van der Waals surface area contributed by atoms with Crippen LogP contribution in [0.2, 0.25) is 0 Å². The Morgan fingerprint density at radius 2 is 2.50 bits per heavy atom. The zero-order chi connectivity index (χ0) is 4.99. The molecule has 0 bridgehead atoms. The summed E-state index contributed by atoms with van der Waals surface area (Å²) in [5, 5.41) is 2.22. The number of amides is 1. The third kappa shape index (κ3) is 3.43. The minimum absolute atomic E-state index is 0.421. The lowest BCUT2D eigenvalue weighted by Crippen LogP contribution is -2.23. The van der Waals surface area contributed by atoms with Crippen LogP contribution in [-0.2, 0) is 4.79 Å². The van der Waals surface area contributed by atoms with Crippen LogP contribution < -0.4 is 11.1 Å². The summed E-state index contributed by atoms with van der Waals surface area (Å²) in [6, 6.07) is 0. The Balaban J connectivity index is 2.81. The molecule has 3 N–H and O–H groups in total. The van der Waals surface area contributed by atoms with Crippen LogP contribution in [0.4, 0.5) is 0 Å². The maximum Gasteiger partial charge on any atom is 0.208 e. The highest BCUT2D eigenvalue weighted by Crippen LogP contribution is 1.67. The standard InChI is InChI=1S/C3H7N2O/c1-3(4)5-2-6/h2H,4H2,1H3,(H,5,6). The molecule has 0 heterocycles. The van der Waals surface area contributed by atoms with Crippen LogP contribution in [0, 0.1) is 6.17 Å². The second-order valence-electron chi connectivity index (χ2n) is 0.945. The van der Waals surface area contributed by atoms with E-state index >= 15 is 0 Å². The van der Waals surface area contributed by atoms with E-state index in [1.54, 1.807) is 6.92 Å². The Labute approximate surface area is 36.5 Å². The number of carbonyl (C=O) groups is 1. The molecule has 0 aromatic rings. The van der Waals surface area contributed by atoms with Crippen molar-refractivity contribution in [2.45, 2.75) is 6.92 Å². The van der Waals surface area contributed by atoms with Crippen molar-refractivity contribution in [3.8, 4) is 0 Å². The molecule has 3 heteroatoms. The van der Waals surface area contributed by atoms with E-state index in [2.05, 4.69) is 5.32 Å². The molecule has 3 nitrogen and oxygen atoms in total. The first-order valence-electron chi connectivity index (χ1n) is 1.56. The molecular weight excluding hydrogens is 80.0 g/mol. The average Bonchev–Trinajstić information content (AvgIpc) is 1.35. The van der Waals surface area contributed by atoms with Crippen molar-refractivity contribution in [3.05, 3.63) is 6.17 Å². The molecule has 1 amide bonds. The van der Waals surface area contributed by atoms with Gasteiger partial charge in [0, 0.05) is 0 Å². The third-order valence-corrected chi connectivity index (χ3v) is 0.287. The first-order chi connectivity index (χ1) is 2.77. The SMILES string of the molecule is C[C](N)NC=O. The molecule has 0 aliphatic rings. The van der Waals surface area contributed by atoms with Crippen LogP contribution in [-0.4, -0.2) is 6.41 Å². The van der Waals surface area contributed by atoms with E-state index in [0.717, 1.165) is 0 Å². The summed E-state index contributed by atoms with van der Waals surface area (Å²) in [5.41, 5.74) is 4.98. The van der Waals surface area contributed by atoms with E-state index in [-0.39, 0.29) is 0 Å². The monoisotopic (exact) mass is 87.1 g/mol. The molecule has 0 saturated carbocycles. The van der Waals surface area contributed by atoms with Gasteiger partial charge in [-0.3, -0.25) is 4.79 Å². The highest BCUT2D eigenvalue weighted by atomic mass is 16.1. The second kappa shape index (κ2) is 2.66. The van der Waals surface area contributed by atoms with Gasteiger partial charge in [0.25, 0.3) is 0 Å². The molecule has 0 aliphatic heterocycles. The van der Waals surface area contributed by atoms with Crippen LogP contribution >= 0.6 is 0 Å². The Morgan fingerprint density at radius 3 is 2.50 bits per heavy atom. The Morgan fingerprint density at radius 1 is 2.00 bits per heavy atom. The van der Waals surface area contributed by atoms with Crippen LogP contribution in [0.25, 0.3) is 0 Å². The van der Waals surface area contributed by atoms with Gasteiger partial charge in [-0.15, -0.1) is 0 Å². The van der Waals surface area contributed by atoms with E-state index in [4.69, 9.17) is 5.73 Å². The molecule has 0 atom stereocenters. The second-order valence-corrected chi connectivity index (χ2v) is 0.945. The molecule has 6 heavy (non-hydrogen) atoms. The highest BCUT2D eigenvalue weighted by molar-refractivity contribution is 5.47. The summed E-state index contributed by atoms with van der Waals surface area (Å²) in [6.07, 6.45) is 0.958. The fraction of sp³-hybridized carbons (Fsp3) is 0.333. The Kier molecular flexibility index (Phi) is 2.40. The number of rotatable bonds is 2. The van der Waals surface area contributed by atoms with Gasteiger partial charge in [-0.25, -0.2) is 0 Å². The lowest BCUT2D eigenvalue weighted by molar-refractivity contribution is -0.109. The number of nitrogens with two attached hydrogens (primary N) is 1. The van der Waals surface area contributed by atoms with Gasteiger partial charge in [0.05, 0.1) is 0 Å². The minimum atomic E-state index is 0.421. The largest absolute Gasteiger partial charge is 0.338 e. The van der Waals surface area contributed by atoms with E-state index < -0.39 is 0 Å². The number of carbonyl (C=O) groups excluding carboxylic acids is 1. The molecule has 0 aliphatic carbocycles. The van der Waals surface area contributed by atoms with E-state index in [0.29, 0.717) is 12.6 Å². The molecule has 0 saturated heterocycles. The topological polar surface area (TPSA) is 55.1 Å². The molecule has 0 unspecified atom stereocenters. The van der Waals surface area contributed by atoms with Gasteiger partial charge < -0.3 is 11.1 Å². The predicted molar refractivity (Wildman–Crippen MR) is 22.3 cm³/mol. The summed E-state index contributed by atoms with van der Waals surface area (Å²) in [5.74, 6) is 0. The zero-order valence-electron chi connectivity index (χ0n) is 3.56. The number of hydrogen-bond acceptors (Lipinski definition) is 2. The summed E-state index contributed by atoms with van der Waals surface area (Å²) in [7, 11) is 0. The van der Waals surface area contributed by atoms with Crippen molar-refractivity contribution in [2.75, 3.05) is 0 Å². The Bertz CT molecular complexity index is 44.1. The molecule has 0 aromatic heterocycles. The van der Waals surface area contributed by atoms with Crippen molar-refractivity contribution in [3.63, 3.8) is 0 Å². The quantitative estimate of drug-likeness (QED) is 0.433. The first kappa shape index (κ1) is 5.43. The van der Waals surface area contributed by atoms with E-state index in [9.17, 15) is 4.79 Å². The van der Waals surface area contributed by atoms with Gasteiger partial charge in [0.2, 0.25) is 6.41 Å². The maximum atomic E-state index is 9.40. The predicted octanol–water partition coefficient (Wildman–Crippen LogP) is -0.800. The van der Waals surface area contributed by atoms with Crippen LogP contribution in [0.1, 0.15) is 6.92 Å². The molecular formula is C3H7N2O. The van der Waals surface area contributed by atoms with Gasteiger partial charge in [-0.1, -0.05) is 0 Å². The highest BCUT2D eigenvalue weighted by Gasteiger charge is 1.83. The van der Waals surface area contributed by atoms with Crippen LogP contribution in [0.5, 0.6) is 0 Å². The Hall–Kier alpha value is -0.570. The molecule has 35 valence electrons. The van der Waals surface area contributed by atoms with Crippen molar-refractivity contribution in [1.82, 2.24) is 5.32 Å². The molecule has 0 aromatic carbocycles. The van der Waals surface area contributed by atoms with Gasteiger partial charge in [-0.05, 0) is 6.92 Å². The van der Waals surface area contributed by atoms with Crippen molar-refractivity contribution in [2.24, 2.45) is 5.73 Å².